The average Bonchev–Trinajstić information content (AvgIpc) is 3.37. The van der Waals surface area contributed by atoms with Crippen molar-refractivity contribution in [2.45, 2.75) is 194 Å². The molecule has 2 aromatic rings. The Labute approximate surface area is 256 Å². The van der Waals surface area contributed by atoms with Gasteiger partial charge in [-0.1, -0.05) is 179 Å². The van der Waals surface area contributed by atoms with Gasteiger partial charge in [-0.05, 0) is 31.2 Å². The lowest BCUT2D eigenvalue weighted by atomic mass is 10.0. The number of imidazole rings is 1. The van der Waals surface area contributed by atoms with E-state index >= 15 is 0 Å². The molecule has 2 rings (SSSR count). The second-order valence-corrected chi connectivity index (χ2v) is 12.9. The van der Waals surface area contributed by atoms with E-state index in [9.17, 15) is 0 Å². The van der Waals surface area contributed by atoms with Gasteiger partial charge in [0.15, 0.2) is 0 Å². The summed E-state index contributed by atoms with van der Waals surface area (Å²) in [6, 6.07) is 11.1. The lowest BCUT2D eigenvalue weighted by molar-refractivity contribution is -0.703. The van der Waals surface area contributed by atoms with E-state index in [1.807, 2.05) is 0 Å². The monoisotopic (exact) mass is 566 g/mol. The van der Waals surface area contributed by atoms with Crippen LogP contribution in [0.4, 0.5) is 0 Å². The molecule has 234 valence electrons. The number of rotatable bonds is 29. The summed E-state index contributed by atoms with van der Waals surface area (Å²) < 4.78 is 5.12. The van der Waals surface area contributed by atoms with Crippen LogP contribution in [-0.4, -0.2) is 4.57 Å². The summed E-state index contributed by atoms with van der Waals surface area (Å²) in [5.41, 5.74) is 1.43. The van der Waals surface area contributed by atoms with E-state index in [0.717, 1.165) is 6.42 Å². The predicted molar refractivity (Wildman–Crippen MR) is 181 cm³/mol. The number of aryl methyl sites for hydroxylation is 2. The maximum Gasteiger partial charge on any atom is 0.260 e. The molecular weight excluding hydrogens is 496 g/mol. The molecule has 0 radical (unpaired) electrons. The summed E-state index contributed by atoms with van der Waals surface area (Å²) in [5.74, 6) is 1.50. The molecule has 0 fully saturated rings. The molecule has 0 aliphatic rings. The maximum atomic E-state index is 2.56. The highest BCUT2D eigenvalue weighted by molar-refractivity contribution is 5.18. The smallest absolute Gasteiger partial charge is 0.234 e. The van der Waals surface area contributed by atoms with Crippen molar-refractivity contribution in [3.05, 3.63) is 54.1 Å². The fraction of sp³-hybridized carbons (Fsp3) is 0.769. The van der Waals surface area contributed by atoms with Gasteiger partial charge >= 0.3 is 0 Å². The van der Waals surface area contributed by atoms with Gasteiger partial charge in [-0.2, -0.15) is 0 Å². The minimum atomic E-state index is 1.05. The summed E-state index contributed by atoms with van der Waals surface area (Å²) in [7, 11) is 0. The van der Waals surface area contributed by atoms with Crippen LogP contribution in [0.25, 0.3) is 0 Å². The summed E-state index contributed by atoms with van der Waals surface area (Å²) in [6.45, 7) is 6.95. The number of benzene rings is 1. The molecule has 1 heterocycles. The Hall–Kier alpha value is -1.57. The van der Waals surface area contributed by atoms with E-state index in [-0.39, 0.29) is 0 Å². The summed E-state index contributed by atoms with van der Waals surface area (Å²) >= 11 is 0. The second kappa shape index (κ2) is 26.1. The molecule has 0 saturated heterocycles. The molecule has 0 N–H and O–H groups in total. The summed E-state index contributed by atoms with van der Waals surface area (Å²) in [5, 5.41) is 0. The Kier molecular flexibility index (Phi) is 22.7. The van der Waals surface area contributed by atoms with Crippen LogP contribution in [0.1, 0.15) is 186 Å². The van der Waals surface area contributed by atoms with Gasteiger partial charge in [-0.3, -0.25) is 0 Å². The standard InChI is InChI=1S/C39H69N2/c1-3-5-7-9-11-13-14-15-16-17-18-19-21-23-25-30-34-41-36-35-40(39(41)37-38-31-27-26-28-32-38)33-29-24-22-20-12-10-8-6-4-2/h26-28,31-32,35-36H,3-25,29-30,33-34,37H2,1-2H3/q+1. The molecule has 2 heteroatoms. The van der Waals surface area contributed by atoms with E-state index in [1.54, 1.807) is 0 Å². The van der Waals surface area contributed by atoms with Gasteiger partial charge in [0.1, 0.15) is 12.4 Å². The Bertz CT molecular complexity index is 808. The highest BCUT2D eigenvalue weighted by Crippen LogP contribution is 2.15. The number of aromatic nitrogens is 2. The van der Waals surface area contributed by atoms with Crippen molar-refractivity contribution in [2.24, 2.45) is 0 Å². The molecule has 0 saturated carbocycles. The zero-order chi connectivity index (χ0) is 29.1. The highest BCUT2D eigenvalue weighted by atomic mass is 15.1. The summed E-state index contributed by atoms with van der Waals surface area (Å²) in [6.07, 6.45) is 41.3. The SMILES string of the molecule is CCCCCCCCCCCCCCCCCCn1cc[n+](CCCCCCCCCCC)c1Cc1ccccc1. The lowest BCUT2D eigenvalue weighted by Gasteiger charge is -2.07. The van der Waals surface area contributed by atoms with E-state index in [0.29, 0.717) is 0 Å². The molecule has 0 amide bonds. The van der Waals surface area contributed by atoms with Crippen molar-refractivity contribution < 1.29 is 4.57 Å². The van der Waals surface area contributed by atoms with E-state index in [1.165, 1.54) is 185 Å². The first-order valence-corrected chi connectivity index (χ1v) is 18.5. The van der Waals surface area contributed by atoms with Crippen LogP contribution in [0.5, 0.6) is 0 Å². The van der Waals surface area contributed by atoms with Crippen molar-refractivity contribution in [2.75, 3.05) is 0 Å². The average molecular weight is 566 g/mol. The van der Waals surface area contributed by atoms with Crippen LogP contribution in [0.15, 0.2) is 42.7 Å². The molecule has 1 aromatic carbocycles. The first-order chi connectivity index (χ1) is 20.3. The molecule has 0 spiro atoms. The van der Waals surface area contributed by atoms with Crippen LogP contribution in [0, 0.1) is 0 Å². The number of hydrogen-bond donors (Lipinski definition) is 0. The number of unbranched alkanes of at least 4 members (excludes halogenated alkanes) is 23. The first kappa shape index (κ1) is 35.6. The molecule has 0 aliphatic heterocycles. The van der Waals surface area contributed by atoms with Crippen molar-refractivity contribution >= 4 is 0 Å². The third-order valence-electron chi connectivity index (χ3n) is 9.05. The summed E-state index contributed by atoms with van der Waals surface area (Å²) in [4.78, 5) is 0. The van der Waals surface area contributed by atoms with Crippen molar-refractivity contribution in [1.82, 2.24) is 4.57 Å². The van der Waals surface area contributed by atoms with Gasteiger partial charge in [0.2, 0.25) is 0 Å². The minimum Gasteiger partial charge on any atom is -0.234 e. The van der Waals surface area contributed by atoms with Gasteiger partial charge < -0.3 is 0 Å². The molecule has 2 nitrogen and oxygen atoms in total. The van der Waals surface area contributed by atoms with Crippen LogP contribution in [0.2, 0.25) is 0 Å². The molecule has 0 bridgehead atoms. The quantitative estimate of drug-likeness (QED) is 0.0685. The second-order valence-electron chi connectivity index (χ2n) is 12.9. The van der Waals surface area contributed by atoms with E-state index < -0.39 is 0 Å². The Morgan fingerprint density at radius 2 is 0.902 bits per heavy atom. The highest BCUT2D eigenvalue weighted by Gasteiger charge is 2.17. The van der Waals surface area contributed by atoms with Crippen molar-refractivity contribution in [1.29, 1.82) is 0 Å². The Morgan fingerprint density at radius 1 is 0.488 bits per heavy atom. The van der Waals surface area contributed by atoms with Gasteiger partial charge in [-0.25, -0.2) is 9.13 Å². The topological polar surface area (TPSA) is 8.81 Å². The number of nitrogens with zero attached hydrogens (tertiary/aromatic N) is 2. The molecular formula is C39H69N2+. The largest absolute Gasteiger partial charge is 0.260 e. The fourth-order valence-corrected chi connectivity index (χ4v) is 6.31. The van der Waals surface area contributed by atoms with Crippen LogP contribution >= 0.6 is 0 Å². The third kappa shape index (κ3) is 18.6. The van der Waals surface area contributed by atoms with Crippen LogP contribution in [-0.2, 0) is 19.5 Å². The van der Waals surface area contributed by atoms with E-state index in [4.69, 9.17) is 0 Å². The third-order valence-corrected chi connectivity index (χ3v) is 9.05. The van der Waals surface area contributed by atoms with Crippen molar-refractivity contribution in [3.63, 3.8) is 0 Å². The van der Waals surface area contributed by atoms with Gasteiger partial charge in [0, 0.05) is 0 Å². The zero-order valence-electron chi connectivity index (χ0n) is 27.7. The van der Waals surface area contributed by atoms with Crippen molar-refractivity contribution in [3.8, 4) is 0 Å². The minimum absolute atomic E-state index is 1.05. The van der Waals surface area contributed by atoms with E-state index in [2.05, 4.69) is 65.7 Å². The first-order valence-electron chi connectivity index (χ1n) is 18.5. The Balaban J connectivity index is 1.58. The lowest BCUT2D eigenvalue weighted by Crippen LogP contribution is -2.37. The molecule has 41 heavy (non-hydrogen) atoms. The molecule has 0 atom stereocenters. The normalized spacial score (nSPS) is 11.5. The maximum absolute atomic E-state index is 2.56. The number of hydrogen-bond acceptors (Lipinski definition) is 0. The van der Waals surface area contributed by atoms with Gasteiger partial charge in [-0.15, -0.1) is 0 Å². The molecule has 0 unspecified atom stereocenters. The molecule has 0 aliphatic carbocycles. The van der Waals surface area contributed by atoms with Gasteiger partial charge in [0.25, 0.3) is 5.82 Å². The van der Waals surface area contributed by atoms with Crippen LogP contribution < -0.4 is 4.57 Å². The molecule has 1 aromatic heterocycles. The zero-order valence-corrected chi connectivity index (χ0v) is 27.7. The van der Waals surface area contributed by atoms with Gasteiger partial charge in [0.05, 0.1) is 19.5 Å². The predicted octanol–water partition coefficient (Wildman–Crippen LogP) is 12.2. The Morgan fingerprint density at radius 3 is 1.37 bits per heavy atom. The fourth-order valence-electron chi connectivity index (χ4n) is 6.31. The van der Waals surface area contributed by atoms with Crippen LogP contribution in [0.3, 0.4) is 0 Å².